The molecule has 0 amide bonds. The minimum absolute atomic E-state index is 0.330. The lowest BCUT2D eigenvalue weighted by atomic mass is 9.90. The van der Waals surface area contributed by atoms with Crippen molar-refractivity contribution >= 4 is 0 Å². The highest BCUT2D eigenvalue weighted by molar-refractivity contribution is 5.50. The van der Waals surface area contributed by atoms with Crippen LogP contribution in [0.15, 0.2) is 42.5 Å². The first kappa shape index (κ1) is 15.9. The van der Waals surface area contributed by atoms with Crippen LogP contribution in [-0.4, -0.2) is 19.8 Å². The fourth-order valence-electron chi connectivity index (χ4n) is 3.22. The van der Waals surface area contributed by atoms with E-state index in [4.69, 9.17) is 9.47 Å². The molecular weight excluding hydrogens is 286 g/mol. The number of hydrogen-bond acceptors (Lipinski definition) is 3. The Balaban J connectivity index is 1.92. The lowest BCUT2D eigenvalue weighted by Gasteiger charge is -2.28. The highest BCUT2D eigenvalue weighted by atomic mass is 16.5. The van der Waals surface area contributed by atoms with E-state index >= 15 is 0 Å². The van der Waals surface area contributed by atoms with Gasteiger partial charge in [-0.15, -0.1) is 0 Å². The van der Waals surface area contributed by atoms with Gasteiger partial charge in [0.2, 0.25) is 0 Å². The van der Waals surface area contributed by atoms with Crippen LogP contribution < -0.4 is 14.8 Å². The van der Waals surface area contributed by atoms with Gasteiger partial charge in [-0.05, 0) is 62.1 Å². The number of fused-ring (bicyclic) bond motifs is 1. The molecule has 23 heavy (non-hydrogen) atoms. The molecule has 122 valence electrons. The summed E-state index contributed by atoms with van der Waals surface area (Å²) in [7, 11) is 0. The monoisotopic (exact) mass is 311 g/mol. The molecule has 0 fully saturated rings. The van der Waals surface area contributed by atoms with Crippen molar-refractivity contribution in [2.24, 2.45) is 0 Å². The summed E-state index contributed by atoms with van der Waals surface area (Å²) >= 11 is 0. The zero-order valence-corrected chi connectivity index (χ0v) is 14.0. The van der Waals surface area contributed by atoms with Gasteiger partial charge in [0.25, 0.3) is 0 Å². The second kappa shape index (κ2) is 7.51. The van der Waals surface area contributed by atoms with Crippen molar-refractivity contribution in [2.75, 3.05) is 19.8 Å². The molecule has 3 nitrogen and oxygen atoms in total. The van der Waals surface area contributed by atoms with Crippen molar-refractivity contribution in [2.45, 2.75) is 32.7 Å². The predicted molar refractivity (Wildman–Crippen MR) is 93.4 cm³/mol. The second-order valence-corrected chi connectivity index (χ2v) is 5.81. The summed E-state index contributed by atoms with van der Waals surface area (Å²) < 4.78 is 11.6. The normalized spacial score (nSPS) is 16.7. The van der Waals surface area contributed by atoms with E-state index in [-0.39, 0.29) is 0 Å². The third-order valence-electron chi connectivity index (χ3n) is 4.25. The molecule has 1 unspecified atom stereocenters. The first-order valence-electron chi connectivity index (χ1n) is 8.51. The minimum Gasteiger partial charge on any atom is -0.490 e. The van der Waals surface area contributed by atoms with Crippen LogP contribution in [0.5, 0.6) is 11.5 Å². The van der Waals surface area contributed by atoms with Crippen LogP contribution in [-0.2, 0) is 12.8 Å². The molecule has 0 saturated heterocycles. The molecule has 0 spiro atoms. The molecule has 3 heteroatoms. The second-order valence-electron chi connectivity index (χ2n) is 5.81. The van der Waals surface area contributed by atoms with Gasteiger partial charge in [-0.1, -0.05) is 30.3 Å². The highest BCUT2D eigenvalue weighted by Gasteiger charge is 2.23. The van der Waals surface area contributed by atoms with Gasteiger partial charge in [0.15, 0.2) is 11.5 Å². The highest BCUT2D eigenvalue weighted by Crippen LogP contribution is 2.36. The summed E-state index contributed by atoms with van der Waals surface area (Å²) in [6, 6.07) is 15.3. The SMILES string of the molecule is CCOc1cc2c(cc1OCC)C(Cc1ccccc1)NCC2. The molecule has 0 saturated carbocycles. The number of rotatable bonds is 6. The number of hydrogen-bond donors (Lipinski definition) is 1. The first-order chi connectivity index (χ1) is 11.3. The molecule has 0 aliphatic carbocycles. The van der Waals surface area contributed by atoms with Crippen LogP contribution in [0.3, 0.4) is 0 Å². The molecule has 1 atom stereocenters. The Morgan fingerprint density at radius 1 is 1.00 bits per heavy atom. The van der Waals surface area contributed by atoms with E-state index < -0.39 is 0 Å². The average Bonchev–Trinajstić information content (AvgIpc) is 2.57. The summed E-state index contributed by atoms with van der Waals surface area (Å²) in [5.74, 6) is 1.73. The fourth-order valence-corrected chi connectivity index (χ4v) is 3.22. The summed E-state index contributed by atoms with van der Waals surface area (Å²) in [6.45, 7) is 6.33. The standard InChI is InChI=1S/C20H25NO2/c1-3-22-19-13-16-10-11-21-18(12-15-8-6-5-7-9-15)17(16)14-20(19)23-4-2/h5-9,13-14,18,21H,3-4,10-12H2,1-2H3. The van der Waals surface area contributed by atoms with Crippen molar-refractivity contribution in [1.29, 1.82) is 0 Å². The smallest absolute Gasteiger partial charge is 0.161 e. The van der Waals surface area contributed by atoms with Gasteiger partial charge >= 0.3 is 0 Å². The van der Waals surface area contributed by atoms with Crippen molar-refractivity contribution in [3.63, 3.8) is 0 Å². The van der Waals surface area contributed by atoms with Crippen LogP contribution in [0.4, 0.5) is 0 Å². The Bertz CT molecular complexity index is 640. The van der Waals surface area contributed by atoms with Gasteiger partial charge in [-0.2, -0.15) is 0 Å². The quantitative estimate of drug-likeness (QED) is 0.877. The van der Waals surface area contributed by atoms with Gasteiger partial charge < -0.3 is 14.8 Å². The maximum atomic E-state index is 5.80. The maximum Gasteiger partial charge on any atom is 0.161 e. The topological polar surface area (TPSA) is 30.5 Å². The van der Waals surface area contributed by atoms with Gasteiger partial charge in [0.05, 0.1) is 13.2 Å². The van der Waals surface area contributed by atoms with Crippen LogP contribution >= 0.6 is 0 Å². The largest absolute Gasteiger partial charge is 0.490 e. The molecule has 1 heterocycles. The Morgan fingerprint density at radius 3 is 2.39 bits per heavy atom. The maximum absolute atomic E-state index is 5.80. The summed E-state index contributed by atoms with van der Waals surface area (Å²) in [4.78, 5) is 0. The number of ether oxygens (including phenoxy) is 2. The molecule has 2 aromatic carbocycles. The molecule has 2 aromatic rings. The zero-order chi connectivity index (χ0) is 16.1. The Kier molecular flexibility index (Phi) is 5.19. The molecule has 0 radical (unpaired) electrons. The van der Waals surface area contributed by atoms with Crippen molar-refractivity contribution in [3.05, 3.63) is 59.2 Å². The van der Waals surface area contributed by atoms with E-state index in [1.54, 1.807) is 0 Å². The molecule has 0 aromatic heterocycles. The van der Waals surface area contributed by atoms with Gasteiger partial charge in [-0.25, -0.2) is 0 Å². The molecule has 3 rings (SSSR count). The average molecular weight is 311 g/mol. The first-order valence-corrected chi connectivity index (χ1v) is 8.51. The molecule has 1 aliphatic rings. The Labute approximate surface area is 138 Å². The molecule has 1 N–H and O–H groups in total. The fraction of sp³-hybridized carbons (Fsp3) is 0.400. The predicted octanol–water partition coefficient (Wildman–Crippen LogP) is 3.91. The van der Waals surface area contributed by atoms with Crippen LogP contribution in [0.25, 0.3) is 0 Å². The lowest BCUT2D eigenvalue weighted by molar-refractivity contribution is 0.286. The van der Waals surface area contributed by atoms with Gasteiger partial charge in [-0.3, -0.25) is 0 Å². The Hall–Kier alpha value is -2.00. The minimum atomic E-state index is 0.330. The van der Waals surface area contributed by atoms with E-state index in [0.717, 1.165) is 30.9 Å². The zero-order valence-electron chi connectivity index (χ0n) is 14.0. The number of nitrogens with one attached hydrogen (secondary N) is 1. The van der Waals surface area contributed by atoms with E-state index in [1.807, 2.05) is 13.8 Å². The van der Waals surface area contributed by atoms with Crippen molar-refractivity contribution in [1.82, 2.24) is 5.32 Å². The third kappa shape index (κ3) is 3.67. The van der Waals surface area contributed by atoms with Crippen LogP contribution in [0.2, 0.25) is 0 Å². The van der Waals surface area contributed by atoms with E-state index in [1.165, 1.54) is 16.7 Å². The summed E-state index contributed by atoms with van der Waals surface area (Å²) in [6.07, 6.45) is 2.03. The molecular formula is C20H25NO2. The lowest BCUT2D eigenvalue weighted by Crippen LogP contribution is -2.31. The number of benzene rings is 2. The summed E-state index contributed by atoms with van der Waals surface area (Å²) in [5.41, 5.74) is 4.06. The molecule has 0 bridgehead atoms. The van der Waals surface area contributed by atoms with E-state index in [0.29, 0.717) is 19.3 Å². The van der Waals surface area contributed by atoms with Crippen LogP contribution in [0.1, 0.15) is 36.6 Å². The summed E-state index contributed by atoms with van der Waals surface area (Å²) in [5, 5.41) is 3.65. The van der Waals surface area contributed by atoms with Gasteiger partial charge in [0.1, 0.15) is 0 Å². The molecule has 1 aliphatic heterocycles. The van der Waals surface area contributed by atoms with Gasteiger partial charge in [0, 0.05) is 6.04 Å². The van der Waals surface area contributed by atoms with E-state index in [2.05, 4.69) is 47.8 Å². The third-order valence-corrected chi connectivity index (χ3v) is 4.25. The van der Waals surface area contributed by atoms with Crippen molar-refractivity contribution < 1.29 is 9.47 Å². The Morgan fingerprint density at radius 2 is 1.70 bits per heavy atom. The van der Waals surface area contributed by atoms with Crippen molar-refractivity contribution in [3.8, 4) is 11.5 Å². The van der Waals surface area contributed by atoms with E-state index in [9.17, 15) is 0 Å². The van der Waals surface area contributed by atoms with Crippen LogP contribution in [0, 0.1) is 0 Å².